The van der Waals surface area contributed by atoms with Crippen molar-refractivity contribution in [1.82, 2.24) is 40.3 Å². The molecule has 14 nitrogen and oxygen atoms in total. The van der Waals surface area contributed by atoms with E-state index in [-0.39, 0.29) is 28.2 Å². The molecule has 1 saturated heterocycles. The molecule has 4 rings (SSSR count). The third-order valence-corrected chi connectivity index (χ3v) is 7.51. The zero-order valence-corrected chi connectivity index (χ0v) is 16.7. The van der Waals surface area contributed by atoms with E-state index in [1.165, 1.54) is 18.8 Å². The number of sulfone groups is 1. The van der Waals surface area contributed by atoms with Crippen molar-refractivity contribution in [1.29, 1.82) is 0 Å². The molecule has 2 atom stereocenters. The van der Waals surface area contributed by atoms with Crippen LogP contribution in [-0.4, -0.2) is 84.7 Å². The Balaban J connectivity index is 1.76. The van der Waals surface area contributed by atoms with Crippen LogP contribution in [0.4, 0.5) is 0 Å². The van der Waals surface area contributed by atoms with Gasteiger partial charge in [-0.3, -0.25) is 29.1 Å². The lowest BCUT2D eigenvalue weighted by atomic mass is 10.1. The van der Waals surface area contributed by atoms with Crippen molar-refractivity contribution in [2.24, 2.45) is 7.05 Å². The van der Waals surface area contributed by atoms with E-state index in [0.717, 1.165) is 16.7 Å². The second-order valence-electron chi connectivity index (χ2n) is 6.24. The number of nitrogens with one attached hydrogen (secondary N) is 2. The highest BCUT2D eigenvalue weighted by Gasteiger charge is 2.59. The van der Waals surface area contributed by atoms with Crippen LogP contribution in [-0.2, 0) is 26.4 Å². The number of β-lactam (4-membered cyclic amide) rings is 1. The SMILES string of the molecule is CO[C@H]1C(=O)N2C(c3nn[nH]n3)=C(CSc3nc(=O)c(=O)[nH]n3C)CS(=O)(=O)[C@@H]12. The van der Waals surface area contributed by atoms with Gasteiger partial charge in [0, 0.05) is 19.9 Å². The molecule has 2 N–H and O–H groups in total. The molecule has 2 aromatic rings. The quantitative estimate of drug-likeness (QED) is 0.275. The highest BCUT2D eigenvalue weighted by atomic mass is 32.2. The molecule has 0 radical (unpaired) electrons. The summed E-state index contributed by atoms with van der Waals surface area (Å²) in [6.45, 7) is 0. The van der Waals surface area contributed by atoms with Gasteiger partial charge in [-0.2, -0.15) is 10.2 Å². The number of carbonyl (C=O) groups excluding carboxylic acids is 1. The van der Waals surface area contributed by atoms with Crippen molar-refractivity contribution in [3.8, 4) is 0 Å². The normalized spacial score (nSPS) is 23.1. The molecule has 154 valence electrons. The van der Waals surface area contributed by atoms with Crippen molar-refractivity contribution in [2.75, 3.05) is 18.6 Å². The van der Waals surface area contributed by atoms with Gasteiger partial charge in [-0.15, -0.1) is 10.2 Å². The summed E-state index contributed by atoms with van der Waals surface area (Å²) in [6, 6.07) is 0. The molecule has 16 heteroatoms. The predicted octanol–water partition coefficient (Wildman–Crippen LogP) is -2.90. The number of aromatic nitrogens is 7. The van der Waals surface area contributed by atoms with Gasteiger partial charge in [0.1, 0.15) is 0 Å². The third kappa shape index (κ3) is 3.08. The number of rotatable bonds is 5. The number of H-pyrrole nitrogens is 2. The molecule has 1 amide bonds. The van der Waals surface area contributed by atoms with Crippen LogP contribution in [0.2, 0.25) is 0 Å². The summed E-state index contributed by atoms with van der Waals surface area (Å²) in [5.74, 6) is -0.789. The van der Waals surface area contributed by atoms with Gasteiger partial charge in [-0.25, -0.2) is 8.42 Å². The topological polar surface area (TPSA) is 186 Å². The molecule has 29 heavy (non-hydrogen) atoms. The van der Waals surface area contributed by atoms with Crippen molar-refractivity contribution < 1.29 is 17.9 Å². The van der Waals surface area contributed by atoms with E-state index >= 15 is 0 Å². The molecule has 0 aromatic carbocycles. The van der Waals surface area contributed by atoms with Gasteiger partial charge in [0.15, 0.2) is 26.5 Å². The maximum Gasteiger partial charge on any atom is 0.339 e. The summed E-state index contributed by atoms with van der Waals surface area (Å²) >= 11 is 1.02. The lowest BCUT2D eigenvalue weighted by Gasteiger charge is -2.48. The first-order chi connectivity index (χ1) is 13.7. The Morgan fingerprint density at radius 2 is 2.07 bits per heavy atom. The number of aromatic amines is 2. The summed E-state index contributed by atoms with van der Waals surface area (Å²) in [6.07, 6.45) is -1.10. The number of amides is 1. The molecular weight excluding hydrogens is 428 g/mol. The predicted molar refractivity (Wildman–Crippen MR) is 97.1 cm³/mol. The van der Waals surface area contributed by atoms with Crippen molar-refractivity contribution in [2.45, 2.75) is 16.6 Å². The highest BCUT2D eigenvalue weighted by Crippen LogP contribution is 2.42. The number of ether oxygens (including phenoxy) is 1. The van der Waals surface area contributed by atoms with Gasteiger partial charge in [-0.05, 0) is 10.8 Å². The zero-order valence-electron chi connectivity index (χ0n) is 15.0. The number of nitrogens with zero attached hydrogens (tertiary/aromatic N) is 6. The highest BCUT2D eigenvalue weighted by molar-refractivity contribution is 7.99. The van der Waals surface area contributed by atoms with Crippen LogP contribution in [0.25, 0.3) is 5.70 Å². The van der Waals surface area contributed by atoms with Gasteiger partial charge in [0.05, 0.1) is 11.4 Å². The number of carbonyl (C=O) groups is 1. The van der Waals surface area contributed by atoms with Crippen molar-refractivity contribution in [3.05, 3.63) is 32.1 Å². The second-order valence-corrected chi connectivity index (χ2v) is 9.28. The maximum absolute atomic E-state index is 12.8. The van der Waals surface area contributed by atoms with Gasteiger partial charge in [0.25, 0.3) is 5.91 Å². The van der Waals surface area contributed by atoms with E-state index in [9.17, 15) is 22.8 Å². The Kier molecular flexibility index (Phi) is 4.62. The Labute approximate surface area is 166 Å². The number of hydrogen-bond acceptors (Lipinski definition) is 11. The molecule has 2 aliphatic heterocycles. The van der Waals surface area contributed by atoms with E-state index in [1.54, 1.807) is 0 Å². The number of thioether (sulfide) groups is 1. The molecule has 0 unspecified atom stereocenters. The fourth-order valence-corrected chi connectivity index (χ4v) is 6.28. The average molecular weight is 442 g/mol. The number of fused-ring (bicyclic) bond motifs is 1. The van der Waals surface area contributed by atoms with E-state index in [0.29, 0.717) is 5.57 Å². The lowest BCUT2D eigenvalue weighted by molar-refractivity contribution is -0.156. The number of tetrazole rings is 1. The van der Waals surface area contributed by atoms with Crippen LogP contribution in [0.1, 0.15) is 5.82 Å². The molecule has 1 fully saturated rings. The van der Waals surface area contributed by atoms with Crippen LogP contribution in [0.15, 0.2) is 20.3 Å². The zero-order chi connectivity index (χ0) is 20.9. The molecule has 0 bridgehead atoms. The Bertz CT molecular complexity index is 1230. The number of aryl methyl sites for hydroxylation is 1. The first kappa shape index (κ1) is 19.5. The molecule has 2 aromatic heterocycles. The third-order valence-electron chi connectivity index (χ3n) is 4.45. The summed E-state index contributed by atoms with van der Waals surface area (Å²) in [4.78, 5) is 40.1. The summed E-state index contributed by atoms with van der Waals surface area (Å²) in [5, 5.41) is 14.8. The summed E-state index contributed by atoms with van der Waals surface area (Å²) in [5.41, 5.74) is -1.28. The monoisotopic (exact) mass is 442 g/mol. The van der Waals surface area contributed by atoms with E-state index in [1.807, 2.05) is 0 Å². The van der Waals surface area contributed by atoms with Crippen LogP contribution >= 0.6 is 11.8 Å². The van der Waals surface area contributed by atoms with Crippen molar-refractivity contribution in [3.63, 3.8) is 0 Å². The van der Waals surface area contributed by atoms with Crippen LogP contribution in [0.3, 0.4) is 0 Å². The van der Waals surface area contributed by atoms with Crippen LogP contribution in [0.5, 0.6) is 0 Å². The lowest BCUT2D eigenvalue weighted by Crippen LogP contribution is -2.69. The molecule has 4 heterocycles. The first-order valence-electron chi connectivity index (χ1n) is 8.08. The minimum atomic E-state index is -3.74. The first-order valence-corrected chi connectivity index (χ1v) is 10.8. The Morgan fingerprint density at radius 1 is 1.31 bits per heavy atom. The minimum Gasteiger partial charge on any atom is -0.368 e. The van der Waals surface area contributed by atoms with E-state index < -0.39 is 38.3 Å². The standard InChI is InChI=1S/C13H14N8O6S2/c1-20-13(14-9(22)10(23)17-20)28-3-5-4-29(25,26)12-7(27-2)11(24)21(12)6(5)8-15-18-19-16-8/h7,12H,3-4H2,1-2H3,(H,17,23)(H,15,16,18,19)/t7-,12-/m0/s1. The molecule has 0 spiro atoms. The Morgan fingerprint density at radius 3 is 2.72 bits per heavy atom. The number of methoxy groups -OCH3 is 1. The van der Waals surface area contributed by atoms with Crippen LogP contribution < -0.4 is 11.1 Å². The minimum absolute atomic E-state index is 0.0452. The van der Waals surface area contributed by atoms with Gasteiger partial charge < -0.3 is 4.74 Å². The van der Waals surface area contributed by atoms with Crippen molar-refractivity contribution >= 4 is 33.2 Å². The summed E-state index contributed by atoms with van der Waals surface area (Å²) in [7, 11) is -0.993. The number of hydrogen-bond donors (Lipinski definition) is 2. The molecule has 0 saturated carbocycles. The average Bonchev–Trinajstić information content (AvgIpc) is 3.18. The largest absolute Gasteiger partial charge is 0.368 e. The summed E-state index contributed by atoms with van der Waals surface area (Å²) < 4.78 is 31.8. The molecular formula is C13H14N8O6S2. The fraction of sp³-hybridized carbons (Fsp3) is 0.462. The van der Waals surface area contributed by atoms with Gasteiger partial charge >= 0.3 is 11.1 Å². The Hall–Kier alpha value is -2.85. The van der Waals surface area contributed by atoms with Gasteiger partial charge in [0.2, 0.25) is 5.82 Å². The van der Waals surface area contributed by atoms with Gasteiger partial charge in [-0.1, -0.05) is 11.8 Å². The maximum atomic E-state index is 12.8. The van der Waals surface area contributed by atoms with Crippen LogP contribution in [0, 0.1) is 0 Å². The fourth-order valence-electron chi connectivity index (χ4n) is 3.19. The second kappa shape index (κ2) is 6.89. The van der Waals surface area contributed by atoms with E-state index in [4.69, 9.17) is 4.74 Å². The van der Waals surface area contributed by atoms with E-state index in [2.05, 4.69) is 30.7 Å². The molecule has 0 aliphatic carbocycles. The smallest absolute Gasteiger partial charge is 0.339 e. The molecule has 2 aliphatic rings.